The predicted octanol–water partition coefficient (Wildman–Crippen LogP) is 3.67. The molecule has 1 heteroatoms. The summed E-state index contributed by atoms with van der Waals surface area (Å²) in [5, 5.41) is 12.2. The van der Waals surface area contributed by atoms with Gasteiger partial charge in [0, 0.05) is 5.39 Å². The Kier molecular flexibility index (Phi) is 2.63. The standard InChI is InChI=1S/C14H16O/c1-3-10-8-12-7-5-6-11(4-2)14(12)13(15)9-10/h5-9,15H,3-4H2,1-2H3. The summed E-state index contributed by atoms with van der Waals surface area (Å²) in [5.41, 5.74) is 2.40. The Balaban J connectivity index is 2.78. The maximum absolute atomic E-state index is 10.00. The second kappa shape index (κ2) is 3.93. The Hall–Kier alpha value is -1.50. The zero-order valence-corrected chi connectivity index (χ0v) is 9.25. The number of aryl methyl sites for hydroxylation is 2. The van der Waals surface area contributed by atoms with E-state index in [1.165, 1.54) is 11.1 Å². The molecule has 0 spiro atoms. The molecule has 0 aliphatic carbocycles. The maximum atomic E-state index is 10.00. The van der Waals surface area contributed by atoms with Crippen molar-refractivity contribution in [3.63, 3.8) is 0 Å². The summed E-state index contributed by atoms with van der Waals surface area (Å²) < 4.78 is 0. The molecular weight excluding hydrogens is 184 g/mol. The zero-order chi connectivity index (χ0) is 10.8. The Bertz CT molecular complexity index is 486. The van der Waals surface area contributed by atoms with Gasteiger partial charge in [0.05, 0.1) is 0 Å². The van der Waals surface area contributed by atoms with Gasteiger partial charge in [-0.1, -0.05) is 38.1 Å². The average Bonchev–Trinajstić information content (AvgIpc) is 2.27. The molecule has 0 fully saturated rings. The van der Waals surface area contributed by atoms with Crippen molar-refractivity contribution in [2.45, 2.75) is 26.7 Å². The minimum Gasteiger partial charge on any atom is -0.507 e. The molecule has 0 aromatic heterocycles. The van der Waals surface area contributed by atoms with Gasteiger partial charge in [0.2, 0.25) is 0 Å². The van der Waals surface area contributed by atoms with Crippen LogP contribution in [-0.2, 0) is 12.8 Å². The number of phenolic OH excluding ortho intramolecular Hbond substituents is 1. The first kappa shape index (κ1) is 10.0. The van der Waals surface area contributed by atoms with E-state index in [0.717, 1.165) is 23.6 Å². The summed E-state index contributed by atoms with van der Waals surface area (Å²) in [6, 6.07) is 10.2. The lowest BCUT2D eigenvalue weighted by Crippen LogP contribution is -1.87. The van der Waals surface area contributed by atoms with Crippen LogP contribution in [0.3, 0.4) is 0 Å². The number of benzene rings is 2. The van der Waals surface area contributed by atoms with Crippen LogP contribution >= 0.6 is 0 Å². The van der Waals surface area contributed by atoms with E-state index in [9.17, 15) is 5.11 Å². The minimum atomic E-state index is 0.418. The Morgan fingerprint density at radius 1 is 1.07 bits per heavy atom. The average molecular weight is 200 g/mol. The van der Waals surface area contributed by atoms with Crippen LogP contribution in [0.25, 0.3) is 10.8 Å². The second-order valence-electron chi connectivity index (χ2n) is 3.84. The van der Waals surface area contributed by atoms with E-state index in [0.29, 0.717) is 5.75 Å². The predicted molar refractivity (Wildman–Crippen MR) is 64.4 cm³/mol. The summed E-state index contributed by atoms with van der Waals surface area (Å²) in [6.07, 6.45) is 1.91. The zero-order valence-electron chi connectivity index (χ0n) is 9.25. The molecule has 2 aromatic carbocycles. The van der Waals surface area contributed by atoms with Gasteiger partial charge in [-0.25, -0.2) is 0 Å². The van der Waals surface area contributed by atoms with Crippen LogP contribution in [0.4, 0.5) is 0 Å². The van der Waals surface area contributed by atoms with E-state index in [1.807, 2.05) is 6.07 Å². The monoisotopic (exact) mass is 200 g/mol. The smallest absolute Gasteiger partial charge is 0.123 e. The topological polar surface area (TPSA) is 20.2 Å². The van der Waals surface area contributed by atoms with Gasteiger partial charge in [0.1, 0.15) is 5.75 Å². The number of hydrogen-bond acceptors (Lipinski definition) is 1. The molecular formula is C14H16O. The van der Waals surface area contributed by atoms with E-state index in [1.54, 1.807) is 0 Å². The van der Waals surface area contributed by atoms with Crippen LogP contribution in [0.5, 0.6) is 5.75 Å². The van der Waals surface area contributed by atoms with E-state index in [2.05, 4.69) is 38.1 Å². The molecule has 0 aliphatic heterocycles. The van der Waals surface area contributed by atoms with Crippen molar-refractivity contribution < 1.29 is 5.11 Å². The fourth-order valence-electron chi connectivity index (χ4n) is 2.04. The van der Waals surface area contributed by atoms with Gasteiger partial charge in [0.25, 0.3) is 0 Å². The van der Waals surface area contributed by atoms with Crippen LogP contribution < -0.4 is 0 Å². The molecule has 0 saturated carbocycles. The van der Waals surface area contributed by atoms with Crippen LogP contribution in [0.15, 0.2) is 30.3 Å². The number of hydrogen-bond donors (Lipinski definition) is 1. The van der Waals surface area contributed by atoms with Gasteiger partial charge in [0.15, 0.2) is 0 Å². The second-order valence-corrected chi connectivity index (χ2v) is 3.84. The molecule has 0 unspecified atom stereocenters. The molecule has 0 atom stereocenters. The van der Waals surface area contributed by atoms with E-state index < -0.39 is 0 Å². The quantitative estimate of drug-likeness (QED) is 0.784. The van der Waals surface area contributed by atoms with Gasteiger partial charge in [-0.05, 0) is 35.4 Å². The normalized spacial score (nSPS) is 10.8. The highest BCUT2D eigenvalue weighted by atomic mass is 16.3. The van der Waals surface area contributed by atoms with Crippen molar-refractivity contribution in [2.75, 3.05) is 0 Å². The highest BCUT2D eigenvalue weighted by Gasteiger charge is 2.05. The third-order valence-electron chi connectivity index (χ3n) is 2.89. The molecule has 2 aromatic rings. The van der Waals surface area contributed by atoms with Crippen LogP contribution in [0, 0.1) is 0 Å². The first-order valence-corrected chi connectivity index (χ1v) is 5.49. The van der Waals surface area contributed by atoms with E-state index >= 15 is 0 Å². The molecule has 2 rings (SSSR count). The summed E-state index contributed by atoms with van der Waals surface area (Å²) in [7, 11) is 0. The minimum absolute atomic E-state index is 0.418. The molecule has 0 aliphatic rings. The van der Waals surface area contributed by atoms with Gasteiger partial charge in [-0.15, -0.1) is 0 Å². The fraction of sp³-hybridized carbons (Fsp3) is 0.286. The molecule has 1 nitrogen and oxygen atoms in total. The fourth-order valence-corrected chi connectivity index (χ4v) is 2.04. The van der Waals surface area contributed by atoms with Crippen molar-refractivity contribution in [3.8, 4) is 5.75 Å². The van der Waals surface area contributed by atoms with E-state index in [-0.39, 0.29) is 0 Å². The summed E-state index contributed by atoms with van der Waals surface area (Å²) >= 11 is 0. The first-order chi connectivity index (χ1) is 7.26. The lowest BCUT2D eigenvalue weighted by Gasteiger charge is -2.08. The molecule has 0 heterocycles. The van der Waals surface area contributed by atoms with Gasteiger partial charge >= 0.3 is 0 Å². The Morgan fingerprint density at radius 2 is 1.87 bits per heavy atom. The van der Waals surface area contributed by atoms with Crippen LogP contribution in [0.2, 0.25) is 0 Å². The molecule has 78 valence electrons. The van der Waals surface area contributed by atoms with Crippen molar-refractivity contribution in [2.24, 2.45) is 0 Å². The lowest BCUT2D eigenvalue weighted by atomic mass is 9.99. The number of rotatable bonds is 2. The van der Waals surface area contributed by atoms with Crippen LogP contribution in [0.1, 0.15) is 25.0 Å². The highest BCUT2D eigenvalue weighted by Crippen LogP contribution is 2.30. The summed E-state index contributed by atoms with van der Waals surface area (Å²) in [6.45, 7) is 4.21. The van der Waals surface area contributed by atoms with Gasteiger partial charge in [-0.2, -0.15) is 0 Å². The maximum Gasteiger partial charge on any atom is 0.123 e. The number of aromatic hydroxyl groups is 1. The van der Waals surface area contributed by atoms with Crippen molar-refractivity contribution in [1.82, 2.24) is 0 Å². The van der Waals surface area contributed by atoms with Crippen LogP contribution in [-0.4, -0.2) is 5.11 Å². The van der Waals surface area contributed by atoms with Crippen molar-refractivity contribution in [3.05, 3.63) is 41.5 Å². The lowest BCUT2D eigenvalue weighted by molar-refractivity contribution is 0.480. The molecule has 15 heavy (non-hydrogen) atoms. The van der Waals surface area contributed by atoms with Gasteiger partial charge in [-0.3, -0.25) is 0 Å². The third-order valence-corrected chi connectivity index (χ3v) is 2.89. The Labute approximate surface area is 90.4 Å². The summed E-state index contributed by atoms with van der Waals surface area (Å²) in [4.78, 5) is 0. The number of fused-ring (bicyclic) bond motifs is 1. The first-order valence-electron chi connectivity index (χ1n) is 5.49. The largest absolute Gasteiger partial charge is 0.507 e. The highest BCUT2D eigenvalue weighted by molar-refractivity contribution is 5.91. The summed E-state index contributed by atoms with van der Waals surface area (Å²) in [5.74, 6) is 0.418. The molecule has 0 saturated heterocycles. The van der Waals surface area contributed by atoms with Gasteiger partial charge < -0.3 is 5.11 Å². The number of phenols is 1. The third kappa shape index (κ3) is 1.70. The molecule has 0 radical (unpaired) electrons. The molecule has 0 bridgehead atoms. The van der Waals surface area contributed by atoms with Crippen molar-refractivity contribution >= 4 is 10.8 Å². The SMILES string of the molecule is CCc1cc(O)c2c(CC)cccc2c1. The molecule has 1 N–H and O–H groups in total. The van der Waals surface area contributed by atoms with Crippen molar-refractivity contribution in [1.29, 1.82) is 0 Å². The Morgan fingerprint density at radius 3 is 2.53 bits per heavy atom. The molecule has 0 amide bonds. The van der Waals surface area contributed by atoms with E-state index in [4.69, 9.17) is 0 Å².